The van der Waals surface area contributed by atoms with Gasteiger partial charge in [-0.3, -0.25) is 0 Å². The van der Waals surface area contributed by atoms with E-state index in [1.54, 1.807) is 24.6 Å². The van der Waals surface area contributed by atoms with Gasteiger partial charge in [-0.1, -0.05) is 11.2 Å². The summed E-state index contributed by atoms with van der Waals surface area (Å²) in [5, 5.41) is 3.00. The normalized spacial score (nSPS) is 11.9. The van der Waals surface area contributed by atoms with Crippen molar-refractivity contribution in [2.24, 2.45) is 0 Å². The van der Waals surface area contributed by atoms with Crippen molar-refractivity contribution in [2.75, 3.05) is 18.7 Å². The van der Waals surface area contributed by atoms with Crippen molar-refractivity contribution in [1.82, 2.24) is 9.97 Å². The standard InChI is InChI=1S/C19H17F2N3O2S/c1-26-17-8-13(20)3-4-14(17)15-9-19(23-10-16(15)21)24-18-7-12(5-6-22-18)11-27(2)25/h3-10H,11H2,1-2H3,(H,22,23,24). The van der Waals surface area contributed by atoms with E-state index in [0.29, 0.717) is 23.0 Å². The number of rotatable bonds is 6. The molecule has 0 aliphatic carbocycles. The minimum absolute atomic E-state index is 0.218. The monoisotopic (exact) mass is 389 g/mol. The van der Waals surface area contributed by atoms with Gasteiger partial charge in [0.25, 0.3) is 0 Å². The van der Waals surface area contributed by atoms with Crippen LogP contribution >= 0.6 is 0 Å². The van der Waals surface area contributed by atoms with Gasteiger partial charge in [0.05, 0.1) is 19.6 Å². The summed E-state index contributed by atoms with van der Waals surface area (Å²) in [5.74, 6) is 0.448. The van der Waals surface area contributed by atoms with Crippen molar-refractivity contribution in [1.29, 1.82) is 0 Å². The molecule has 3 rings (SSSR count). The van der Waals surface area contributed by atoms with Crippen LogP contribution in [0.3, 0.4) is 0 Å². The Morgan fingerprint density at radius 3 is 2.59 bits per heavy atom. The molecule has 1 atom stereocenters. The van der Waals surface area contributed by atoms with Crippen LogP contribution in [-0.2, 0) is 16.9 Å². The topological polar surface area (TPSA) is 70.1 Å². The lowest BCUT2D eigenvalue weighted by Gasteiger charge is -2.12. The van der Waals surface area contributed by atoms with Crippen LogP contribution in [0.4, 0.5) is 20.4 Å². The van der Waals surface area contributed by atoms with Crippen molar-refractivity contribution in [3.8, 4) is 16.9 Å². The van der Waals surface area contributed by atoms with Crippen LogP contribution in [0, 0.1) is 11.6 Å². The van der Waals surface area contributed by atoms with Crippen LogP contribution in [0.2, 0.25) is 0 Å². The molecule has 0 fully saturated rings. The molecule has 1 N–H and O–H groups in total. The van der Waals surface area contributed by atoms with Gasteiger partial charge >= 0.3 is 0 Å². The van der Waals surface area contributed by atoms with Crippen LogP contribution in [-0.4, -0.2) is 27.9 Å². The molecule has 2 heterocycles. The largest absolute Gasteiger partial charge is 0.616 e. The summed E-state index contributed by atoms with van der Waals surface area (Å²) in [6.07, 6.45) is 4.29. The van der Waals surface area contributed by atoms with Crippen molar-refractivity contribution in [3.63, 3.8) is 0 Å². The Morgan fingerprint density at radius 2 is 1.85 bits per heavy atom. The predicted octanol–water partition coefficient (Wildman–Crippen LogP) is 4.05. The number of ether oxygens (including phenoxy) is 1. The molecule has 5 nitrogen and oxygen atoms in total. The predicted molar refractivity (Wildman–Crippen MR) is 101 cm³/mol. The van der Waals surface area contributed by atoms with Crippen LogP contribution in [0.25, 0.3) is 11.1 Å². The molecule has 0 saturated carbocycles. The number of anilines is 2. The number of nitrogens with zero attached hydrogens (tertiary/aromatic N) is 2. The van der Waals surface area contributed by atoms with Gasteiger partial charge in [0, 0.05) is 29.0 Å². The summed E-state index contributed by atoms with van der Waals surface area (Å²) in [7, 11) is 1.39. The maximum Gasteiger partial charge on any atom is 0.149 e. The number of hydrogen-bond acceptors (Lipinski definition) is 5. The molecule has 140 valence electrons. The fourth-order valence-electron chi connectivity index (χ4n) is 2.60. The van der Waals surface area contributed by atoms with E-state index < -0.39 is 22.8 Å². The Labute approximate surface area is 158 Å². The summed E-state index contributed by atoms with van der Waals surface area (Å²) in [4.78, 5) is 8.22. The van der Waals surface area contributed by atoms with Gasteiger partial charge in [-0.15, -0.1) is 0 Å². The SMILES string of the molecule is COc1cc(F)ccc1-c1cc(Nc2cc(C[S+](C)[O-])ccn2)ncc1F. The highest BCUT2D eigenvalue weighted by atomic mass is 32.2. The molecule has 0 spiro atoms. The highest BCUT2D eigenvalue weighted by molar-refractivity contribution is 7.89. The summed E-state index contributed by atoms with van der Waals surface area (Å²) < 4.78 is 44.3. The van der Waals surface area contributed by atoms with Gasteiger partial charge in [0.1, 0.15) is 34.8 Å². The molecular weight excluding hydrogens is 372 g/mol. The molecule has 0 aliphatic rings. The maximum absolute atomic E-state index is 14.3. The fourth-order valence-corrected chi connectivity index (χ4v) is 3.25. The number of halogens is 2. The molecule has 27 heavy (non-hydrogen) atoms. The minimum Gasteiger partial charge on any atom is -0.616 e. The first-order chi connectivity index (χ1) is 13.0. The van der Waals surface area contributed by atoms with E-state index in [-0.39, 0.29) is 11.3 Å². The van der Waals surface area contributed by atoms with Crippen molar-refractivity contribution < 1.29 is 18.1 Å². The van der Waals surface area contributed by atoms with Gasteiger partial charge < -0.3 is 14.6 Å². The number of nitrogens with one attached hydrogen (secondary N) is 1. The average molecular weight is 389 g/mol. The third-order valence-corrected chi connectivity index (χ3v) is 4.50. The number of aromatic nitrogens is 2. The van der Waals surface area contributed by atoms with Crippen LogP contribution in [0.15, 0.2) is 48.8 Å². The zero-order valence-corrected chi connectivity index (χ0v) is 15.5. The lowest BCUT2D eigenvalue weighted by Crippen LogP contribution is -2.03. The summed E-state index contributed by atoms with van der Waals surface area (Å²) >= 11 is -0.974. The highest BCUT2D eigenvalue weighted by Crippen LogP contribution is 2.33. The van der Waals surface area contributed by atoms with E-state index in [2.05, 4.69) is 15.3 Å². The third-order valence-electron chi connectivity index (χ3n) is 3.76. The van der Waals surface area contributed by atoms with Gasteiger partial charge in [-0.25, -0.2) is 18.7 Å². The Morgan fingerprint density at radius 1 is 1.07 bits per heavy atom. The summed E-state index contributed by atoms with van der Waals surface area (Å²) in [6, 6.07) is 8.91. The van der Waals surface area contributed by atoms with Gasteiger partial charge in [-0.05, 0) is 30.3 Å². The zero-order chi connectivity index (χ0) is 19.4. The van der Waals surface area contributed by atoms with E-state index in [1.165, 1.54) is 31.4 Å². The first-order valence-corrected chi connectivity index (χ1v) is 9.70. The van der Waals surface area contributed by atoms with E-state index >= 15 is 0 Å². The molecule has 0 amide bonds. The molecular formula is C19H17F2N3O2S. The van der Waals surface area contributed by atoms with Crippen LogP contribution in [0.1, 0.15) is 5.56 Å². The maximum atomic E-state index is 14.3. The van der Waals surface area contributed by atoms with E-state index in [1.807, 2.05) is 0 Å². The molecule has 1 unspecified atom stereocenters. The quantitative estimate of drug-likeness (QED) is 0.644. The first-order valence-electron chi connectivity index (χ1n) is 7.97. The molecule has 0 saturated heterocycles. The smallest absolute Gasteiger partial charge is 0.149 e. The molecule has 1 aromatic carbocycles. The Bertz CT molecular complexity index is 954. The van der Waals surface area contributed by atoms with Crippen molar-refractivity contribution in [3.05, 3.63) is 66.0 Å². The van der Waals surface area contributed by atoms with Gasteiger partial charge in [0.2, 0.25) is 0 Å². The number of benzene rings is 1. The second-order valence-electron chi connectivity index (χ2n) is 5.79. The molecule has 0 bridgehead atoms. The lowest BCUT2D eigenvalue weighted by atomic mass is 10.0. The third kappa shape index (κ3) is 4.72. The highest BCUT2D eigenvalue weighted by Gasteiger charge is 2.14. The molecule has 0 aliphatic heterocycles. The minimum atomic E-state index is -0.974. The number of pyridine rings is 2. The van der Waals surface area contributed by atoms with Gasteiger partial charge in [-0.2, -0.15) is 0 Å². The van der Waals surface area contributed by atoms with E-state index in [4.69, 9.17) is 4.74 Å². The molecule has 3 aromatic rings. The number of hydrogen-bond donors (Lipinski definition) is 1. The summed E-state index contributed by atoms with van der Waals surface area (Å²) in [6.45, 7) is 0. The molecule has 8 heteroatoms. The molecule has 0 radical (unpaired) electrons. The first kappa shape index (κ1) is 19.1. The van der Waals surface area contributed by atoms with Crippen LogP contribution in [0.5, 0.6) is 5.75 Å². The fraction of sp³-hybridized carbons (Fsp3) is 0.158. The van der Waals surface area contributed by atoms with Crippen LogP contribution < -0.4 is 10.1 Å². The Balaban J connectivity index is 1.93. The second-order valence-corrected chi connectivity index (χ2v) is 7.22. The Kier molecular flexibility index (Phi) is 5.88. The molecule has 2 aromatic heterocycles. The van der Waals surface area contributed by atoms with E-state index in [9.17, 15) is 13.3 Å². The lowest BCUT2D eigenvalue weighted by molar-refractivity contribution is 0.412. The van der Waals surface area contributed by atoms with Crippen molar-refractivity contribution >= 4 is 22.8 Å². The number of methoxy groups -OCH3 is 1. The summed E-state index contributed by atoms with van der Waals surface area (Å²) in [5.41, 5.74) is 1.48. The average Bonchev–Trinajstić information content (AvgIpc) is 2.63. The Hall–Kier alpha value is -2.71. The zero-order valence-electron chi connectivity index (χ0n) is 14.7. The second kappa shape index (κ2) is 8.32. The van der Waals surface area contributed by atoms with E-state index in [0.717, 1.165) is 11.8 Å². The van der Waals surface area contributed by atoms with Crippen molar-refractivity contribution in [2.45, 2.75) is 5.75 Å². The van der Waals surface area contributed by atoms with Gasteiger partial charge in [0.15, 0.2) is 0 Å².